The molecule has 3 aromatic rings. The molecule has 39 heavy (non-hydrogen) atoms. The minimum atomic E-state index is -0.334. The van der Waals surface area contributed by atoms with Crippen LogP contribution in [0.4, 0.5) is 15.9 Å². The molecule has 2 fully saturated rings. The zero-order valence-electron chi connectivity index (χ0n) is 22.5. The number of amides is 1. The van der Waals surface area contributed by atoms with Gasteiger partial charge in [-0.15, -0.1) is 0 Å². The number of carbonyl (C=O) groups excluding carboxylic acids is 1. The summed E-state index contributed by atoms with van der Waals surface area (Å²) >= 11 is 0. The number of likely N-dealkylation sites (tertiary alicyclic amines) is 1. The highest BCUT2D eigenvalue weighted by Crippen LogP contribution is 2.41. The van der Waals surface area contributed by atoms with Crippen molar-refractivity contribution in [3.8, 4) is 11.8 Å². The summed E-state index contributed by atoms with van der Waals surface area (Å²) < 4.78 is 26.6. The van der Waals surface area contributed by atoms with E-state index in [0.717, 1.165) is 25.9 Å². The number of rotatable bonds is 6. The van der Waals surface area contributed by atoms with Gasteiger partial charge in [0.2, 0.25) is 0 Å². The van der Waals surface area contributed by atoms with Crippen molar-refractivity contribution in [1.82, 2.24) is 14.9 Å². The fraction of sp³-hybridized carbons (Fsp3) is 0.483. The molecule has 9 nitrogen and oxygen atoms in total. The number of fused-ring (bicyclic) bond motifs is 2. The Kier molecular flexibility index (Phi) is 6.99. The highest BCUT2D eigenvalue weighted by molar-refractivity contribution is 6.16. The van der Waals surface area contributed by atoms with E-state index >= 15 is 0 Å². The number of phenolic OH excluding ortho intramolecular Hbond substituents is 1. The van der Waals surface area contributed by atoms with Gasteiger partial charge in [0.25, 0.3) is 5.91 Å². The molecule has 3 aliphatic rings. The molecule has 1 atom stereocenters. The minimum Gasteiger partial charge on any atom is -0.508 e. The highest BCUT2D eigenvalue weighted by Gasteiger charge is 2.37. The summed E-state index contributed by atoms with van der Waals surface area (Å²) in [6, 6.07) is 6.43. The number of aryl methyl sites for hydroxylation is 1. The topological polar surface area (TPSA) is 91.3 Å². The van der Waals surface area contributed by atoms with E-state index in [9.17, 15) is 14.3 Å². The number of aromatic hydroxyl groups is 1. The number of phenols is 1. The molecule has 206 valence electrons. The lowest BCUT2D eigenvalue weighted by Crippen LogP contribution is -2.30. The van der Waals surface area contributed by atoms with Crippen LogP contribution in [0.15, 0.2) is 24.3 Å². The van der Waals surface area contributed by atoms with E-state index in [1.807, 2.05) is 6.92 Å². The minimum absolute atomic E-state index is 0.0106. The first-order chi connectivity index (χ1) is 18.9. The molecule has 6 rings (SSSR count). The second-order valence-corrected chi connectivity index (χ2v) is 10.7. The second-order valence-electron chi connectivity index (χ2n) is 10.7. The number of hydrogen-bond donors (Lipinski definition) is 1. The smallest absolute Gasteiger partial charge is 0.318 e. The van der Waals surface area contributed by atoms with Gasteiger partial charge in [-0.3, -0.25) is 4.79 Å². The molecule has 10 heteroatoms. The van der Waals surface area contributed by atoms with Crippen molar-refractivity contribution in [2.45, 2.75) is 32.7 Å². The number of halogens is 1. The average molecular weight is 536 g/mol. The number of nitrogens with zero attached hydrogens (tertiary/aromatic N) is 5. The van der Waals surface area contributed by atoms with Crippen molar-refractivity contribution in [3.05, 3.63) is 46.9 Å². The van der Waals surface area contributed by atoms with Crippen LogP contribution in [-0.2, 0) is 17.7 Å². The maximum Gasteiger partial charge on any atom is 0.318 e. The highest BCUT2D eigenvalue weighted by atomic mass is 19.1. The van der Waals surface area contributed by atoms with E-state index in [1.165, 1.54) is 12.1 Å². The van der Waals surface area contributed by atoms with Crippen LogP contribution in [0, 0.1) is 11.7 Å². The first-order valence-corrected chi connectivity index (χ1v) is 13.7. The Labute approximate surface area is 227 Å². The van der Waals surface area contributed by atoms with Crippen molar-refractivity contribution in [2.24, 2.45) is 5.92 Å². The molecule has 0 aliphatic carbocycles. The van der Waals surface area contributed by atoms with Crippen molar-refractivity contribution >= 4 is 28.2 Å². The van der Waals surface area contributed by atoms with E-state index in [-0.39, 0.29) is 30.0 Å². The van der Waals surface area contributed by atoms with Crippen LogP contribution in [0.25, 0.3) is 10.8 Å². The van der Waals surface area contributed by atoms with E-state index in [1.54, 1.807) is 17.0 Å². The van der Waals surface area contributed by atoms with Gasteiger partial charge in [0.05, 0.1) is 31.1 Å². The normalized spacial score (nSPS) is 20.1. The molecule has 0 spiro atoms. The largest absolute Gasteiger partial charge is 0.508 e. The van der Waals surface area contributed by atoms with E-state index < -0.39 is 0 Å². The van der Waals surface area contributed by atoms with Gasteiger partial charge in [-0.2, -0.15) is 9.97 Å². The molecule has 0 saturated carbocycles. The maximum absolute atomic E-state index is 14.9. The van der Waals surface area contributed by atoms with Crippen molar-refractivity contribution < 1.29 is 23.8 Å². The molecule has 1 amide bonds. The summed E-state index contributed by atoms with van der Waals surface area (Å²) in [5.41, 5.74) is 1.97. The Balaban J connectivity index is 1.41. The van der Waals surface area contributed by atoms with Crippen LogP contribution in [-0.4, -0.2) is 78.9 Å². The Hall–Kier alpha value is -3.50. The third-order valence-electron chi connectivity index (χ3n) is 7.95. The first-order valence-electron chi connectivity index (χ1n) is 13.7. The summed E-state index contributed by atoms with van der Waals surface area (Å²) in [5.74, 6) is 0.354. The van der Waals surface area contributed by atoms with Gasteiger partial charge in [-0.25, -0.2) is 4.39 Å². The summed E-state index contributed by atoms with van der Waals surface area (Å²) in [4.78, 5) is 29.5. The number of ether oxygens (including phenoxy) is 2. The summed E-state index contributed by atoms with van der Waals surface area (Å²) in [6.07, 6.45) is 2.33. The van der Waals surface area contributed by atoms with Crippen LogP contribution < -0.4 is 14.5 Å². The Bertz CT molecular complexity index is 1410. The molecule has 2 saturated heterocycles. The van der Waals surface area contributed by atoms with Crippen LogP contribution in [0.3, 0.4) is 0 Å². The SMILES string of the molecule is CCc1c(F)ccc2cc(O)cc(N3Cc4nc(OCC5CCN(C)C5)nc(N5CCCOCC5)c4C3=O)c12. The van der Waals surface area contributed by atoms with Crippen LogP contribution in [0.2, 0.25) is 0 Å². The Morgan fingerprint density at radius 1 is 1.18 bits per heavy atom. The summed E-state index contributed by atoms with van der Waals surface area (Å²) in [6.45, 7) is 7.07. The van der Waals surface area contributed by atoms with Gasteiger partial charge >= 0.3 is 6.01 Å². The Morgan fingerprint density at radius 2 is 2.05 bits per heavy atom. The Morgan fingerprint density at radius 3 is 2.85 bits per heavy atom. The number of benzene rings is 2. The maximum atomic E-state index is 14.9. The predicted molar refractivity (Wildman–Crippen MR) is 146 cm³/mol. The number of hydrogen-bond acceptors (Lipinski definition) is 8. The summed E-state index contributed by atoms with van der Waals surface area (Å²) in [5, 5.41) is 11.8. The van der Waals surface area contributed by atoms with Gasteiger partial charge in [-0.05, 0) is 55.9 Å². The lowest BCUT2D eigenvalue weighted by atomic mass is 9.99. The number of aromatic nitrogens is 2. The molecule has 1 unspecified atom stereocenters. The third kappa shape index (κ3) is 4.87. The van der Waals surface area contributed by atoms with Crippen LogP contribution in [0.5, 0.6) is 11.8 Å². The predicted octanol–water partition coefficient (Wildman–Crippen LogP) is 3.75. The van der Waals surface area contributed by atoms with Crippen molar-refractivity contribution in [2.75, 3.05) is 62.8 Å². The molecular weight excluding hydrogens is 501 g/mol. The third-order valence-corrected chi connectivity index (χ3v) is 7.95. The fourth-order valence-corrected chi connectivity index (χ4v) is 6.00. The molecular formula is C29H34FN5O4. The van der Waals surface area contributed by atoms with Gasteiger partial charge in [0, 0.05) is 43.6 Å². The number of anilines is 2. The van der Waals surface area contributed by atoms with Crippen LogP contribution >= 0.6 is 0 Å². The lowest BCUT2D eigenvalue weighted by molar-refractivity contribution is 0.0997. The first kappa shape index (κ1) is 25.8. The molecule has 0 bridgehead atoms. The quantitative estimate of drug-likeness (QED) is 0.511. The molecule has 1 N–H and O–H groups in total. The molecule has 1 aromatic heterocycles. The fourth-order valence-electron chi connectivity index (χ4n) is 6.00. The number of carbonyl (C=O) groups is 1. The lowest BCUT2D eigenvalue weighted by Gasteiger charge is -2.24. The van der Waals surface area contributed by atoms with Crippen LogP contribution in [0.1, 0.15) is 41.4 Å². The zero-order valence-corrected chi connectivity index (χ0v) is 22.5. The molecule has 4 heterocycles. The molecule has 3 aliphatic heterocycles. The second kappa shape index (κ2) is 10.6. The standard InChI is InChI=1S/C29H34FN5O4/c1-3-21-22(30)6-5-19-13-20(36)14-24(25(19)21)35-16-23-26(28(35)37)27(34-8-4-11-38-12-10-34)32-29(31-23)39-17-18-7-9-33(2)15-18/h5-6,13-14,18,36H,3-4,7-12,15-17H2,1-2H3. The van der Waals surface area contributed by atoms with Gasteiger partial charge in [0.1, 0.15) is 22.9 Å². The van der Waals surface area contributed by atoms with E-state index in [0.29, 0.717) is 84.3 Å². The molecule has 0 radical (unpaired) electrons. The zero-order chi connectivity index (χ0) is 27.1. The molecule has 2 aromatic carbocycles. The van der Waals surface area contributed by atoms with Gasteiger partial charge in [0.15, 0.2) is 0 Å². The summed E-state index contributed by atoms with van der Waals surface area (Å²) in [7, 11) is 2.10. The van der Waals surface area contributed by atoms with Crippen molar-refractivity contribution in [1.29, 1.82) is 0 Å². The van der Waals surface area contributed by atoms with E-state index in [4.69, 9.17) is 19.4 Å². The van der Waals surface area contributed by atoms with Gasteiger partial charge < -0.3 is 29.3 Å². The van der Waals surface area contributed by atoms with E-state index in [2.05, 4.69) is 16.8 Å². The average Bonchev–Trinajstić information content (AvgIpc) is 3.36. The van der Waals surface area contributed by atoms with Gasteiger partial charge in [-0.1, -0.05) is 13.0 Å². The van der Waals surface area contributed by atoms with Crippen molar-refractivity contribution in [3.63, 3.8) is 0 Å². The monoisotopic (exact) mass is 535 g/mol.